The van der Waals surface area contributed by atoms with E-state index in [1.807, 2.05) is 4.98 Å². The van der Waals surface area contributed by atoms with E-state index in [9.17, 15) is 19.1 Å². The highest BCUT2D eigenvalue weighted by Gasteiger charge is 2.23. The maximum atomic E-state index is 13.3. The molecule has 1 aromatic heterocycles. The van der Waals surface area contributed by atoms with Gasteiger partial charge in [0, 0.05) is 6.61 Å². The monoisotopic (exact) mass is 260 g/mol. The summed E-state index contributed by atoms with van der Waals surface area (Å²) in [5.74, 6) is -2.40. The Balaban J connectivity index is 3.32. The van der Waals surface area contributed by atoms with Gasteiger partial charge in [0.1, 0.15) is 0 Å². The Morgan fingerprint density at radius 2 is 2.06 bits per heavy atom. The molecule has 1 aromatic rings. The van der Waals surface area contributed by atoms with Crippen LogP contribution in [0.2, 0.25) is 0 Å². The SMILES string of the molecule is CCOCC(C(C)C)n1c(O)c(F)c(=O)[nH]c1=O. The lowest BCUT2D eigenvalue weighted by atomic mass is 10.1. The number of aromatic amines is 1. The van der Waals surface area contributed by atoms with E-state index in [-0.39, 0.29) is 12.5 Å². The van der Waals surface area contributed by atoms with Gasteiger partial charge in [-0.3, -0.25) is 14.3 Å². The molecular formula is C11H17FN2O4. The summed E-state index contributed by atoms with van der Waals surface area (Å²) in [6, 6.07) is -0.552. The summed E-state index contributed by atoms with van der Waals surface area (Å²) in [7, 11) is 0. The van der Waals surface area contributed by atoms with Crippen LogP contribution in [0.25, 0.3) is 0 Å². The van der Waals surface area contributed by atoms with Crippen LogP contribution in [-0.4, -0.2) is 27.9 Å². The zero-order chi connectivity index (χ0) is 13.9. The third-order valence-corrected chi connectivity index (χ3v) is 2.66. The number of halogens is 1. The van der Waals surface area contributed by atoms with Gasteiger partial charge in [-0.05, 0) is 12.8 Å². The summed E-state index contributed by atoms with van der Waals surface area (Å²) in [4.78, 5) is 24.5. The Bertz CT molecular complexity index is 521. The second-order valence-electron chi connectivity index (χ2n) is 4.24. The fourth-order valence-electron chi connectivity index (χ4n) is 1.63. The number of rotatable bonds is 5. The van der Waals surface area contributed by atoms with E-state index in [0.717, 1.165) is 4.57 Å². The summed E-state index contributed by atoms with van der Waals surface area (Å²) < 4.78 is 19.3. The standard InChI is InChI=1S/C11H17FN2O4/c1-4-18-5-7(6(2)3)14-10(16)8(12)9(15)13-11(14)17/h6-7,16H,4-5H2,1-3H3,(H,13,15,17). The summed E-state index contributed by atoms with van der Waals surface area (Å²) in [6.45, 7) is 5.97. The molecule has 2 N–H and O–H groups in total. The van der Waals surface area contributed by atoms with Crippen molar-refractivity contribution in [3.63, 3.8) is 0 Å². The molecule has 0 amide bonds. The number of aromatic hydroxyl groups is 1. The smallest absolute Gasteiger partial charge is 0.331 e. The Labute approximate surface area is 103 Å². The number of aromatic nitrogens is 2. The molecule has 6 nitrogen and oxygen atoms in total. The quantitative estimate of drug-likeness (QED) is 0.812. The molecular weight excluding hydrogens is 243 g/mol. The third-order valence-electron chi connectivity index (χ3n) is 2.66. The van der Waals surface area contributed by atoms with Crippen LogP contribution in [0.3, 0.4) is 0 Å². The van der Waals surface area contributed by atoms with E-state index in [2.05, 4.69) is 0 Å². The highest BCUT2D eigenvalue weighted by atomic mass is 19.1. The fourth-order valence-corrected chi connectivity index (χ4v) is 1.63. The predicted octanol–water partition coefficient (Wildman–Crippen LogP) is 0.615. The topological polar surface area (TPSA) is 84.3 Å². The minimum atomic E-state index is -1.36. The molecule has 7 heteroatoms. The maximum absolute atomic E-state index is 13.3. The zero-order valence-electron chi connectivity index (χ0n) is 10.6. The van der Waals surface area contributed by atoms with Crippen LogP contribution < -0.4 is 11.2 Å². The van der Waals surface area contributed by atoms with Gasteiger partial charge in [0.15, 0.2) is 0 Å². The molecule has 0 spiro atoms. The van der Waals surface area contributed by atoms with Crippen molar-refractivity contribution in [3.05, 3.63) is 26.7 Å². The fraction of sp³-hybridized carbons (Fsp3) is 0.636. The molecule has 0 aromatic carbocycles. The van der Waals surface area contributed by atoms with Crippen molar-refractivity contribution in [3.8, 4) is 5.88 Å². The normalized spacial score (nSPS) is 12.9. The summed E-state index contributed by atoms with van der Waals surface area (Å²) in [5, 5.41) is 9.59. The first-order valence-corrected chi connectivity index (χ1v) is 5.71. The van der Waals surface area contributed by atoms with Crippen molar-refractivity contribution in [2.75, 3.05) is 13.2 Å². The van der Waals surface area contributed by atoms with Gasteiger partial charge in [-0.2, -0.15) is 4.39 Å². The van der Waals surface area contributed by atoms with E-state index in [1.54, 1.807) is 20.8 Å². The van der Waals surface area contributed by atoms with Gasteiger partial charge in [-0.25, -0.2) is 4.79 Å². The molecule has 18 heavy (non-hydrogen) atoms. The Morgan fingerprint density at radius 1 is 1.44 bits per heavy atom. The Morgan fingerprint density at radius 3 is 2.56 bits per heavy atom. The lowest BCUT2D eigenvalue weighted by molar-refractivity contribution is 0.0895. The van der Waals surface area contributed by atoms with Gasteiger partial charge < -0.3 is 9.84 Å². The number of H-pyrrole nitrogens is 1. The second-order valence-corrected chi connectivity index (χ2v) is 4.24. The van der Waals surface area contributed by atoms with Gasteiger partial charge in [0.2, 0.25) is 11.7 Å². The van der Waals surface area contributed by atoms with Crippen LogP contribution in [-0.2, 0) is 4.74 Å². The number of hydrogen-bond donors (Lipinski definition) is 2. The lowest BCUT2D eigenvalue weighted by Crippen LogP contribution is -2.37. The molecule has 0 bridgehead atoms. The molecule has 0 aliphatic rings. The molecule has 0 saturated heterocycles. The van der Waals surface area contributed by atoms with Gasteiger partial charge in [-0.1, -0.05) is 13.8 Å². The van der Waals surface area contributed by atoms with Crippen molar-refractivity contribution in [1.29, 1.82) is 0 Å². The first kappa shape index (κ1) is 14.4. The molecule has 0 saturated carbocycles. The molecule has 102 valence electrons. The molecule has 0 aliphatic heterocycles. The average molecular weight is 260 g/mol. The molecule has 1 atom stereocenters. The minimum Gasteiger partial charge on any atom is -0.492 e. The number of nitrogens with zero attached hydrogens (tertiary/aromatic N) is 1. The van der Waals surface area contributed by atoms with Crippen molar-refractivity contribution in [1.82, 2.24) is 9.55 Å². The second kappa shape index (κ2) is 5.81. The Kier molecular flexibility index (Phi) is 4.66. The van der Waals surface area contributed by atoms with E-state index in [0.29, 0.717) is 6.61 Å². The molecule has 1 heterocycles. The summed E-state index contributed by atoms with van der Waals surface area (Å²) in [6.07, 6.45) is 0. The van der Waals surface area contributed by atoms with E-state index >= 15 is 0 Å². The highest BCUT2D eigenvalue weighted by molar-refractivity contribution is 5.11. The number of nitrogens with one attached hydrogen (secondary N) is 1. The summed E-state index contributed by atoms with van der Waals surface area (Å²) >= 11 is 0. The first-order valence-electron chi connectivity index (χ1n) is 5.71. The van der Waals surface area contributed by atoms with E-state index in [1.165, 1.54) is 0 Å². The van der Waals surface area contributed by atoms with Crippen LogP contribution >= 0.6 is 0 Å². The molecule has 0 aliphatic carbocycles. The number of ether oxygens (including phenoxy) is 1. The van der Waals surface area contributed by atoms with Gasteiger partial charge in [0.05, 0.1) is 12.6 Å². The predicted molar refractivity (Wildman–Crippen MR) is 63.3 cm³/mol. The van der Waals surface area contributed by atoms with Crippen molar-refractivity contribution >= 4 is 0 Å². The van der Waals surface area contributed by atoms with E-state index < -0.39 is 29.0 Å². The summed E-state index contributed by atoms with van der Waals surface area (Å²) in [5.41, 5.74) is -2.08. The van der Waals surface area contributed by atoms with Crippen molar-refractivity contribution < 1.29 is 14.2 Å². The molecule has 0 radical (unpaired) electrons. The Hall–Kier alpha value is -1.63. The molecule has 1 unspecified atom stereocenters. The van der Waals surface area contributed by atoms with Gasteiger partial charge >= 0.3 is 5.69 Å². The first-order chi connectivity index (χ1) is 8.40. The van der Waals surface area contributed by atoms with Crippen LogP contribution in [0, 0.1) is 11.7 Å². The highest BCUT2D eigenvalue weighted by Crippen LogP contribution is 2.21. The van der Waals surface area contributed by atoms with Crippen LogP contribution in [0.1, 0.15) is 26.8 Å². The van der Waals surface area contributed by atoms with Gasteiger partial charge in [0.25, 0.3) is 5.56 Å². The van der Waals surface area contributed by atoms with Crippen LogP contribution in [0.5, 0.6) is 5.88 Å². The molecule has 1 rings (SSSR count). The average Bonchev–Trinajstić information content (AvgIpc) is 2.30. The van der Waals surface area contributed by atoms with Crippen LogP contribution in [0.4, 0.5) is 4.39 Å². The maximum Gasteiger partial charge on any atom is 0.331 e. The third kappa shape index (κ3) is 2.79. The van der Waals surface area contributed by atoms with Crippen molar-refractivity contribution in [2.45, 2.75) is 26.8 Å². The number of hydrogen-bond acceptors (Lipinski definition) is 4. The largest absolute Gasteiger partial charge is 0.492 e. The molecule has 0 fully saturated rings. The lowest BCUT2D eigenvalue weighted by Gasteiger charge is -2.23. The van der Waals surface area contributed by atoms with Crippen LogP contribution in [0.15, 0.2) is 9.59 Å². The van der Waals surface area contributed by atoms with Gasteiger partial charge in [-0.15, -0.1) is 0 Å². The van der Waals surface area contributed by atoms with E-state index in [4.69, 9.17) is 4.74 Å². The minimum absolute atomic E-state index is 0.0783. The van der Waals surface area contributed by atoms with Crippen molar-refractivity contribution in [2.24, 2.45) is 5.92 Å². The zero-order valence-corrected chi connectivity index (χ0v) is 10.6.